The molecule has 2 heterocycles. The monoisotopic (exact) mass is 262 g/mol. The molecule has 19 heavy (non-hydrogen) atoms. The molecule has 0 spiro atoms. The molecule has 0 aliphatic carbocycles. The zero-order chi connectivity index (χ0) is 14.0. The van der Waals surface area contributed by atoms with E-state index < -0.39 is 23.7 Å². The van der Waals surface area contributed by atoms with Crippen molar-refractivity contribution in [1.29, 1.82) is 0 Å². The molecule has 100 valence electrons. The maximum absolute atomic E-state index is 12.1. The topological polar surface area (TPSA) is 87.6 Å². The standard InChI is InChI=1S/C13H14N2O4/c1-2-3-8(13(18)19)7-15-11(16)9-4-5-14-6-10(9)12(15)17/h4-6,8H,2-3,7H2,1H3,(H,18,19). The van der Waals surface area contributed by atoms with Crippen LogP contribution in [0.15, 0.2) is 18.5 Å². The van der Waals surface area contributed by atoms with Gasteiger partial charge in [-0.1, -0.05) is 13.3 Å². The average molecular weight is 262 g/mol. The highest BCUT2D eigenvalue weighted by Crippen LogP contribution is 2.23. The van der Waals surface area contributed by atoms with Gasteiger partial charge >= 0.3 is 5.97 Å². The molecule has 0 fully saturated rings. The van der Waals surface area contributed by atoms with E-state index in [1.165, 1.54) is 18.5 Å². The van der Waals surface area contributed by atoms with Gasteiger partial charge in [-0.25, -0.2) is 0 Å². The predicted octanol–water partition coefficient (Wildman–Crippen LogP) is 1.18. The first-order valence-electron chi connectivity index (χ1n) is 6.09. The zero-order valence-corrected chi connectivity index (χ0v) is 10.5. The highest BCUT2D eigenvalue weighted by molar-refractivity contribution is 6.21. The summed E-state index contributed by atoms with van der Waals surface area (Å²) in [6, 6.07) is 1.48. The average Bonchev–Trinajstić information content (AvgIpc) is 2.63. The molecule has 1 aromatic rings. The number of carbonyl (C=O) groups is 3. The minimum atomic E-state index is -0.989. The normalized spacial score (nSPS) is 15.5. The van der Waals surface area contributed by atoms with Crippen molar-refractivity contribution in [3.63, 3.8) is 0 Å². The van der Waals surface area contributed by atoms with Crippen LogP contribution in [0, 0.1) is 5.92 Å². The molecule has 1 N–H and O–H groups in total. The zero-order valence-electron chi connectivity index (χ0n) is 10.5. The van der Waals surface area contributed by atoms with Gasteiger partial charge in [-0.15, -0.1) is 0 Å². The summed E-state index contributed by atoms with van der Waals surface area (Å²) in [7, 11) is 0. The second-order valence-corrected chi connectivity index (χ2v) is 4.47. The molecule has 0 saturated carbocycles. The van der Waals surface area contributed by atoms with E-state index in [-0.39, 0.29) is 12.1 Å². The quantitative estimate of drug-likeness (QED) is 0.805. The van der Waals surface area contributed by atoms with Crippen LogP contribution in [0.4, 0.5) is 0 Å². The number of carboxylic acids is 1. The predicted molar refractivity (Wildman–Crippen MR) is 65.6 cm³/mol. The Bertz CT molecular complexity index is 506. The van der Waals surface area contributed by atoms with E-state index in [1.807, 2.05) is 6.92 Å². The first-order valence-corrected chi connectivity index (χ1v) is 6.09. The van der Waals surface area contributed by atoms with Gasteiger partial charge < -0.3 is 5.11 Å². The summed E-state index contributed by atoms with van der Waals surface area (Å²) in [5.74, 6) is -2.61. The van der Waals surface area contributed by atoms with Crippen LogP contribution in [-0.2, 0) is 4.79 Å². The van der Waals surface area contributed by atoms with Crippen molar-refractivity contribution in [2.45, 2.75) is 19.8 Å². The molecule has 2 amide bonds. The molecule has 1 aromatic heterocycles. The van der Waals surface area contributed by atoms with Crippen LogP contribution < -0.4 is 0 Å². The number of rotatable bonds is 5. The molecule has 1 aliphatic rings. The summed E-state index contributed by atoms with van der Waals surface area (Å²) in [6.07, 6.45) is 3.89. The largest absolute Gasteiger partial charge is 0.481 e. The number of pyridine rings is 1. The lowest BCUT2D eigenvalue weighted by Crippen LogP contribution is -2.37. The van der Waals surface area contributed by atoms with Gasteiger partial charge in [0.15, 0.2) is 0 Å². The first kappa shape index (κ1) is 13.2. The van der Waals surface area contributed by atoms with Crippen molar-refractivity contribution in [3.05, 3.63) is 29.6 Å². The molecule has 0 bridgehead atoms. The van der Waals surface area contributed by atoms with Gasteiger partial charge in [-0.3, -0.25) is 24.3 Å². The summed E-state index contributed by atoms with van der Waals surface area (Å²) in [4.78, 5) is 40.0. The summed E-state index contributed by atoms with van der Waals surface area (Å²) in [5.41, 5.74) is 0.536. The Morgan fingerprint density at radius 3 is 2.63 bits per heavy atom. The highest BCUT2D eigenvalue weighted by atomic mass is 16.4. The first-order chi connectivity index (χ1) is 9.06. The Balaban J connectivity index is 2.22. The molecule has 1 unspecified atom stereocenters. The number of aliphatic carboxylic acids is 1. The molecule has 6 nitrogen and oxygen atoms in total. The number of nitrogens with zero attached hydrogens (tertiary/aromatic N) is 2. The molecule has 0 saturated heterocycles. The van der Waals surface area contributed by atoms with Gasteiger partial charge in [0.2, 0.25) is 0 Å². The summed E-state index contributed by atoms with van der Waals surface area (Å²) in [5, 5.41) is 9.09. The van der Waals surface area contributed by atoms with E-state index >= 15 is 0 Å². The number of carboxylic acid groups (broad SMARTS) is 1. The second kappa shape index (κ2) is 5.17. The SMILES string of the molecule is CCCC(CN1C(=O)c2ccncc2C1=O)C(=O)O. The van der Waals surface area contributed by atoms with Crippen molar-refractivity contribution >= 4 is 17.8 Å². The molecule has 0 aromatic carbocycles. The van der Waals surface area contributed by atoms with E-state index in [0.717, 1.165) is 4.90 Å². The maximum atomic E-state index is 12.1. The van der Waals surface area contributed by atoms with Gasteiger partial charge in [-0.05, 0) is 12.5 Å². The summed E-state index contributed by atoms with van der Waals surface area (Å²) in [6.45, 7) is 1.78. The minimum Gasteiger partial charge on any atom is -0.481 e. The Morgan fingerprint density at radius 1 is 1.37 bits per heavy atom. The number of fused-ring (bicyclic) bond motifs is 1. The smallest absolute Gasteiger partial charge is 0.308 e. The van der Waals surface area contributed by atoms with Crippen LogP contribution in [0.2, 0.25) is 0 Å². The van der Waals surface area contributed by atoms with Gasteiger partial charge in [0.1, 0.15) is 0 Å². The van der Waals surface area contributed by atoms with Crippen molar-refractivity contribution in [3.8, 4) is 0 Å². The molecule has 6 heteroatoms. The fraction of sp³-hybridized carbons (Fsp3) is 0.385. The number of aromatic nitrogens is 1. The molecule has 1 atom stereocenters. The van der Waals surface area contributed by atoms with E-state index in [2.05, 4.69) is 4.98 Å². The van der Waals surface area contributed by atoms with Gasteiger partial charge in [0.05, 0.1) is 17.0 Å². The third-order valence-corrected chi connectivity index (χ3v) is 3.16. The van der Waals surface area contributed by atoms with Crippen LogP contribution >= 0.6 is 0 Å². The van der Waals surface area contributed by atoms with Crippen molar-refractivity contribution in [1.82, 2.24) is 9.88 Å². The number of hydrogen-bond acceptors (Lipinski definition) is 4. The fourth-order valence-electron chi connectivity index (χ4n) is 2.16. The Hall–Kier alpha value is -2.24. The second-order valence-electron chi connectivity index (χ2n) is 4.47. The Kier molecular flexibility index (Phi) is 3.59. The van der Waals surface area contributed by atoms with E-state index in [9.17, 15) is 14.4 Å². The number of amides is 2. The third-order valence-electron chi connectivity index (χ3n) is 3.16. The van der Waals surface area contributed by atoms with Gasteiger partial charge in [-0.2, -0.15) is 0 Å². The fourth-order valence-corrected chi connectivity index (χ4v) is 2.16. The van der Waals surface area contributed by atoms with Crippen molar-refractivity contribution in [2.75, 3.05) is 6.54 Å². The number of imide groups is 1. The van der Waals surface area contributed by atoms with E-state index in [4.69, 9.17) is 5.11 Å². The molecule has 0 radical (unpaired) electrons. The third kappa shape index (κ3) is 2.33. The van der Waals surface area contributed by atoms with Crippen molar-refractivity contribution < 1.29 is 19.5 Å². The van der Waals surface area contributed by atoms with Gasteiger partial charge in [0, 0.05) is 18.9 Å². The van der Waals surface area contributed by atoms with E-state index in [0.29, 0.717) is 18.4 Å². The van der Waals surface area contributed by atoms with Crippen LogP contribution in [0.5, 0.6) is 0 Å². The van der Waals surface area contributed by atoms with Crippen LogP contribution in [0.25, 0.3) is 0 Å². The number of carbonyl (C=O) groups excluding carboxylic acids is 2. The summed E-state index contributed by atoms with van der Waals surface area (Å²) >= 11 is 0. The summed E-state index contributed by atoms with van der Waals surface area (Å²) < 4.78 is 0. The minimum absolute atomic E-state index is 0.0878. The van der Waals surface area contributed by atoms with Crippen LogP contribution in [0.1, 0.15) is 40.5 Å². The molecular formula is C13H14N2O4. The highest BCUT2D eigenvalue weighted by Gasteiger charge is 2.37. The maximum Gasteiger partial charge on any atom is 0.308 e. The van der Waals surface area contributed by atoms with Crippen LogP contribution in [-0.4, -0.2) is 39.3 Å². The number of hydrogen-bond donors (Lipinski definition) is 1. The van der Waals surface area contributed by atoms with E-state index in [1.54, 1.807) is 0 Å². The Labute approximate surface area is 110 Å². The van der Waals surface area contributed by atoms with Gasteiger partial charge in [0.25, 0.3) is 11.8 Å². The lowest BCUT2D eigenvalue weighted by atomic mass is 10.0. The molecule has 2 rings (SSSR count). The molecular weight excluding hydrogens is 248 g/mol. The Morgan fingerprint density at radius 2 is 2.05 bits per heavy atom. The van der Waals surface area contributed by atoms with Crippen molar-refractivity contribution in [2.24, 2.45) is 5.92 Å². The lowest BCUT2D eigenvalue weighted by molar-refractivity contribution is -0.142. The van der Waals surface area contributed by atoms with Crippen LogP contribution in [0.3, 0.4) is 0 Å². The molecule has 1 aliphatic heterocycles. The lowest BCUT2D eigenvalue weighted by Gasteiger charge is -2.18.